The van der Waals surface area contributed by atoms with Crippen molar-refractivity contribution in [1.29, 1.82) is 0 Å². The Morgan fingerprint density at radius 1 is 1.16 bits per heavy atom. The van der Waals surface area contributed by atoms with Crippen molar-refractivity contribution >= 4 is 43.2 Å². The zero-order chi connectivity index (χ0) is 14.0. The highest BCUT2D eigenvalue weighted by Crippen LogP contribution is 2.23. The maximum atomic E-state index is 12.2. The lowest BCUT2D eigenvalue weighted by atomic mass is 10.2. The van der Waals surface area contributed by atoms with E-state index in [4.69, 9.17) is 11.6 Å². The second-order valence-corrected chi connectivity index (χ2v) is 7.03. The molecule has 0 fully saturated rings. The highest BCUT2D eigenvalue weighted by atomic mass is 79.9. The lowest BCUT2D eigenvalue weighted by Gasteiger charge is -2.09. The van der Waals surface area contributed by atoms with Gasteiger partial charge < -0.3 is 0 Å². The summed E-state index contributed by atoms with van der Waals surface area (Å²) in [6.07, 6.45) is 0. The molecule has 0 aliphatic rings. The van der Waals surface area contributed by atoms with E-state index in [-0.39, 0.29) is 4.90 Å². The first-order valence-corrected chi connectivity index (χ1v) is 8.08. The molecule has 0 amide bonds. The van der Waals surface area contributed by atoms with Gasteiger partial charge in [-0.3, -0.25) is 4.72 Å². The van der Waals surface area contributed by atoms with Gasteiger partial charge in [-0.05, 0) is 48.9 Å². The Balaban J connectivity index is 2.35. The number of nitrogens with one attached hydrogen (secondary N) is 1. The number of halogens is 2. The van der Waals surface area contributed by atoms with E-state index >= 15 is 0 Å². The molecule has 100 valence electrons. The molecule has 2 aromatic carbocycles. The maximum Gasteiger partial charge on any atom is 0.261 e. The average molecular weight is 361 g/mol. The Hall–Kier alpha value is -1.04. The molecular formula is C13H11BrClNO2S. The van der Waals surface area contributed by atoms with Crippen molar-refractivity contribution in [2.75, 3.05) is 4.72 Å². The van der Waals surface area contributed by atoms with Gasteiger partial charge in [-0.2, -0.15) is 0 Å². The Bertz CT molecular complexity index is 716. The summed E-state index contributed by atoms with van der Waals surface area (Å²) >= 11 is 9.19. The Morgan fingerprint density at radius 2 is 1.89 bits per heavy atom. The van der Waals surface area contributed by atoms with Crippen LogP contribution in [0.1, 0.15) is 5.56 Å². The van der Waals surface area contributed by atoms with Gasteiger partial charge in [0.1, 0.15) is 0 Å². The van der Waals surface area contributed by atoms with Crippen LogP contribution in [0.25, 0.3) is 0 Å². The van der Waals surface area contributed by atoms with Crippen LogP contribution in [0.5, 0.6) is 0 Å². The Labute approximate surface area is 125 Å². The summed E-state index contributed by atoms with van der Waals surface area (Å²) in [5, 5.41) is 0.543. The predicted octanol–water partition coefficient (Wildman–Crippen LogP) is 4.21. The van der Waals surface area contributed by atoms with Crippen molar-refractivity contribution in [3.63, 3.8) is 0 Å². The molecule has 0 unspecified atom stereocenters. The van der Waals surface area contributed by atoms with Crippen molar-refractivity contribution < 1.29 is 8.42 Å². The second kappa shape index (κ2) is 5.53. The summed E-state index contributed by atoms with van der Waals surface area (Å²) in [4.78, 5) is 0.189. The molecule has 0 spiro atoms. The van der Waals surface area contributed by atoms with E-state index in [2.05, 4.69) is 20.7 Å². The molecule has 0 aliphatic carbocycles. The van der Waals surface area contributed by atoms with Gasteiger partial charge in [-0.25, -0.2) is 8.42 Å². The quantitative estimate of drug-likeness (QED) is 0.891. The van der Waals surface area contributed by atoms with E-state index in [1.165, 1.54) is 6.07 Å². The molecule has 0 atom stereocenters. The summed E-state index contributed by atoms with van der Waals surface area (Å²) in [6.45, 7) is 1.76. The summed E-state index contributed by atoms with van der Waals surface area (Å²) in [6, 6.07) is 11.6. The van der Waals surface area contributed by atoms with E-state index in [1.54, 1.807) is 37.3 Å². The van der Waals surface area contributed by atoms with Crippen molar-refractivity contribution in [3.05, 3.63) is 57.5 Å². The first-order valence-electron chi connectivity index (χ1n) is 5.43. The van der Waals surface area contributed by atoms with Crippen LogP contribution in [0.15, 0.2) is 51.8 Å². The monoisotopic (exact) mass is 359 g/mol. The third kappa shape index (κ3) is 3.49. The second-order valence-electron chi connectivity index (χ2n) is 4.03. The standard InChI is InChI=1S/C13H11BrClNO2S/c1-9-7-12(5-6-13(9)15)19(17,18)16-11-4-2-3-10(14)8-11/h2-8,16H,1H3. The molecule has 0 aliphatic heterocycles. The van der Waals surface area contributed by atoms with Gasteiger partial charge in [0.15, 0.2) is 0 Å². The van der Waals surface area contributed by atoms with E-state index in [0.717, 1.165) is 10.0 Å². The number of hydrogen-bond donors (Lipinski definition) is 1. The van der Waals surface area contributed by atoms with Crippen molar-refractivity contribution in [2.24, 2.45) is 0 Å². The molecule has 0 bridgehead atoms. The number of hydrogen-bond acceptors (Lipinski definition) is 2. The van der Waals surface area contributed by atoms with E-state index < -0.39 is 10.0 Å². The molecule has 2 rings (SSSR count). The maximum absolute atomic E-state index is 12.2. The molecule has 6 heteroatoms. The molecule has 19 heavy (non-hydrogen) atoms. The fourth-order valence-electron chi connectivity index (χ4n) is 1.55. The molecule has 2 aromatic rings. The topological polar surface area (TPSA) is 46.2 Å². The average Bonchev–Trinajstić information content (AvgIpc) is 2.32. The van der Waals surface area contributed by atoms with Crippen molar-refractivity contribution in [2.45, 2.75) is 11.8 Å². The van der Waals surface area contributed by atoms with Crippen LogP contribution >= 0.6 is 27.5 Å². The zero-order valence-corrected chi connectivity index (χ0v) is 13.2. The van der Waals surface area contributed by atoms with Gasteiger partial charge in [0.2, 0.25) is 0 Å². The van der Waals surface area contributed by atoms with Crippen LogP contribution in [-0.4, -0.2) is 8.42 Å². The SMILES string of the molecule is Cc1cc(S(=O)(=O)Nc2cccc(Br)c2)ccc1Cl. The normalized spacial score (nSPS) is 11.3. The highest BCUT2D eigenvalue weighted by molar-refractivity contribution is 9.10. The number of sulfonamides is 1. The van der Waals surface area contributed by atoms with Gasteiger partial charge in [-0.1, -0.05) is 33.6 Å². The molecule has 1 N–H and O–H groups in total. The molecule has 0 radical (unpaired) electrons. The minimum atomic E-state index is -3.60. The van der Waals surface area contributed by atoms with Gasteiger partial charge >= 0.3 is 0 Å². The van der Waals surface area contributed by atoms with Gasteiger partial charge in [0.25, 0.3) is 10.0 Å². The van der Waals surface area contributed by atoms with Gasteiger partial charge in [0.05, 0.1) is 4.90 Å². The van der Waals surface area contributed by atoms with E-state index in [9.17, 15) is 8.42 Å². The minimum Gasteiger partial charge on any atom is -0.280 e. The van der Waals surface area contributed by atoms with E-state index in [0.29, 0.717) is 10.7 Å². The van der Waals surface area contributed by atoms with Crippen LogP contribution in [0.4, 0.5) is 5.69 Å². The van der Waals surface area contributed by atoms with Gasteiger partial charge in [-0.15, -0.1) is 0 Å². The Morgan fingerprint density at radius 3 is 2.53 bits per heavy atom. The third-order valence-electron chi connectivity index (χ3n) is 2.52. The molecule has 0 heterocycles. The molecule has 0 aromatic heterocycles. The summed E-state index contributed by atoms with van der Waals surface area (Å²) in [7, 11) is -3.60. The van der Waals surface area contributed by atoms with Crippen LogP contribution in [0.2, 0.25) is 5.02 Å². The molecular weight excluding hydrogens is 350 g/mol. The van der Waals surface area contributed by atoms with Crippen LogP contribution in [0, 0.1) is 6.92 Å². The lowest BCUT2D eigenvalue weighted by Crippen LogP contribution is -2.13. The van der Waals surface area contributed by atoms with Crippen LogP contribution in [0.3, 0.4) is 0 Å². The van der Waals surface area contributed by atoms with Crippen molar-refractivity contribution in [1.82, 2.24) is 0 Å². The van der Waals surface area contributed by atoms with Crippen LogP contribution < -0.4 is 4.72 Å². The number of benzene rings is 2. The summed E-state index contributed by atoms with van der Waals surface area (Å²) in [5.41, 5.74) is 1.22. The van der Waals surface area contributed by atoms with E-state index in [1.807, 2.05) is 6.07 Å². The fourth-order valence-corrected chi connectivity index (χ4v) is 3.20. The predicted molar refractivity (Wildman–Crippen MR) is 81.1 cm³/mol. The first kappa shape index (κ1) is 14.4. The third-order valence-corrected chi connectivity index (χ3v) is 4.81. The van der Waals surface area contributed by atoms with Crippen molar-refractivity contribution in [3.8, 4) is 0 Å². The summed E-state index contributed by atoms with van der Waals surface area (Å²) < 4.78 is 27.7. The lowest BCUT2D eigenvalue weighted by molar-refractivity contribution is 0.601. The minimum absolute atomic E-state index is 0.189. The number of rotatable bonds is 3. The Kier molecular flexibility index (Phi) is 4.18. The number of aryl methyl sites for hydroxylation is 1. The highest BCUT2D eigenvalue weighted by Gasteiger charge is 2.15. The fraction of sp³-hybridized carbons (Fsp3) is 0.0769. The molecule has 0 saturated carbocycles. The summed E-state index contributed by atoms with van der Waals surface area (Å²) in [5.74, 6) is 0. The van der Waals surface area contributed by atoms with Crippen LogP contribution in [-0.2, 0) is 10.0 Å². The molecule has 0 saturated heterocycles. The smallest absolute Gasteiger partial charge is 0.261 e. The number of anilines is 1. The largest absolute Gasteiger partial charge is 0.280 e. The van der Waals surface area contributed by atoms with Gasteiger partial charge in [0, 0.05) is 15.2 Å². The zero-order valence-electron chi connectivity index (χ0n) is 10.0. The molecule has 3 nitrogen and oxygen atoms in total. The first-order chi connectivity index (χ1) is 8.88.